The molecule has 0 amide bonds. The number of aliphatic imine (C=N–C) groups is 1. The van der Waals surface area contributed by atoms with E-state index in [2.05, 4.69) is 10.3 Å². The van der Waals surface area contributed by atoms with Crippen LogP contribution < -0.4 is 5.32 Å². The number of amidine groups is 1. The van der Waals surface area contributed by atoms with Crippen molar-refractivity contribution in [3.05, 3.63) is 29.8 Å². The largest absolute Gasteiger partial charge is 0.330 e. The van der Waals surface area contributed by atoms with E-state index in [4.69, 9.17) is 0 Å². The van der Waals surface area contributed by atoms with Crippen molar-refractivity contribution in [3.63, 3.8) is 0 Å². The molecule has 18 heavy (non-hydrogen) atoms. The summed E-state index contributed by atoms with van der Waals surface area (Å²) in [6.45, 7) is 0. The predicted molar refractivity (Wildman–Crippen MR) is 71.0 cm³/mol. The zero-order valence-electron chi connectivity index (χ0n) is 9.83. The van der Waals surface area contributed by atoms with Crippen molar-refractivity contribution >= 4 is 22.6 Å². The first-order chi connectivity index (χ1) is 8.74. The summed E-state index contributed by atoms with van der Waals surface area (Å²) in [6.07, 6.45) is 3.53. The number of thioether (sulfide) groups is 1. The van der Waals surface area contributed by atoms with E-state index in [-0.39, 0.29) is 5.69 Å². The fourth-order valence-electron chi connectivity index (χ4n) is 2.55. The van der Waals surface area contributed by atoms with E-state index >= 15 is 0 Å². The van der Waals surface area contributed by atoms with Gasteiger partial charge in [-0.3, -0.25) is 4.99 Å². The maximum atomic E-state index is 13.5. The van der Waals surface area contributed by atoms with Crippen molar-refractivity contribution in [3.8, 4) is 0 Å². The average Bonchev–Trinajstić information content (AvgIpc) is 2.81. The highest BCUT2D eigenvalue weighted by Gasteiger charge is 2.31. The average molecular weight is 268 g/mol. The standard InChI is InChI=1S/C13H14F2N2S/c14-9-4-2-5-10(15)12(9)17-13-16-11-6-1-3-8(11)7-18-13/h2,4-5,8,11H,1,3,6-7H2,(H,16,17). The second-order valence-electron chi connectivity index (χ2n) is 4.73. The fourth-order valence-corrected chi connectivity index (χ4v) is 3.69. The Labute approximate surface area is 109 Å². The van der Waals surface area contributed by atoms with Gasteiger partial charge >= 0.3 is 0 Å². The number of nitrogens with zero attached hydrogens (tertiary/aromatic N) is 1. The highest BCUT2D eigenvalue weighted by Crippen LogP contribution is 2.36. The fraction of sp³-hybridized carbons (Fsp3) is 0.462. The molecule has 1 aromatic carbocycles. The molecule has 2 atom stereocenters. The smallest absolute Gasteiger partial charge is 0.161 e. The first-order valence-electron chi connectivity index (χ1n) is 6.15. The molecular weight excluding hydrogens is 254 g/mol. The third-order valence-electron chi connectivity index (χ3n) is 3.53. The van der Waals surface area contributed by atoms with Gasteiger partial charge in [-0.2, -0.15) is 0 Å². The number of hydrogen-bond acceptors (Lipinski definition) is 3. The van der Waals surface area contributed by atoms with E-state index in [0.717, 1.165) is 12.2 Å². The normalized spacial score (nSPS) is 26.7. The summed E-state index contributed by atoms with van der Waals surface area (Å²) in [6, 6.07) is 4.19. The van der Waals surface area contributed by atoms with Crippen LogP contribution in [0, 0.1) is 17.6 Å². The Morgan fingerprint density at radius 3 is 2.78 bits per heavy atom. The van der Waals surface area contributed by atoms with Crippen LogP contribution in [0.25, 0.3) is 0 Å². The molecule has 2 aliphatic rings. The number of anilines is 1. The van der Waals surface area contributed by atoms with Crippen molar-refractivity contribution in [1.29, 1.82) is 0 Å². The third-order valence-corrected chi connectivity index (χ3v) is 4.61. The van der Waals surface area contributed by atoms with E-state index in [9.17, 15) is 8.78 Å². The second-order valence-corrected chi connectivity index (χ2v) is 5.73. The van der Waals surface area contributed by atoms with Gasteiger partial charge in [0.15, 0.2) is 5.17 Å². The zero-order chi connectivity index (χ0) is 12.5. The summed E-state index contributed by atoms with van der Waals surface area (Å²) in [5.41, 5.74) is -0.0970. The molecule has 0 radical (unpaired) electrons. The second kappa shape index (κ2) is 4.88. The molecule has 3 rings (SSSR count). The molecule has 0 aromatic heterocycles. The van der Waals surface area contributed by atoms with Gasteiger partial charge in [0, 0.05) is 5.75 Å². The quantitative estimate of drug-likeness (QED) is 0.840. The Bertz CT molecular complexity index is 470. The molecular formula is C13H14F2N2S. The number of benzene rings is 1. The minimum atomic E-state index is -0.577. The SMILES string of the molecule is Fc1cccc(F)c1NC1=NC2CCCC2CS1. The van der Waals surface area contributed by atoms with Gasteiger partial charge in [0.1, 0.15) is 17.3 Å². The molecule has 1 aliphatic carbocycles. The Kier molecular flexibility index (Phi) is 3.24. The number of halogens is 2. The molecule has 1 aromatic rings. The van der Waals surface area contributed by atoms with E-state index in [0.29, 0.717) is 17.1 Å². The van der Waals surface area contributed by atoms with E-state index in [1.807, 2.05) is 0 Å². The van der Waals surface area contributed by atoms with Crippen molar-refractivity contribution in [2.24, 2.45) is 10.9 Å². The Morgan fingerprint density at radius 1 is 1.22 bits per heavy atom. The maximum Gasteiger partial charge on any atom is 0.161 e. The number of nitrogens with one attached hydrogen (secondary N) is 1. The molecule has 96 valence electrons. The summed E-state index contributed by atoms with van der Waals surface area (Å²) < 4.78 is 27.0. The summed E-state index contributed by atoms with van der Waals surface area (Å²) in [5.74, 6) is 0.483. The van der Waals surface area contributed by atoms with Gasteiger partial charge in [0.05, 0.1) is 6.04 Å². The van der Waals surface area contributed by atoms with Crippen molar-refractivity contribution < 1.29 is 8.78 Å². The highest BCUT2D eigenvalue weighted by atomic mass is 32.2. The van der Waals surface area contributed by atoms with Gasteiger partial charge in [-0.15, -0.1) is 0 Å². The van der Waals surface area contributed by atoms with Crippen molar-refractivity contribution in [2.45, 2.75) is 25.3 Å². The summed E-state index contributed by atoms with van der Waals surface area (Å²) >= 11 is 1.56. The molecule has 0 spiro atoms. The van der Waals surface area contributed by atoms with Crippen molar-refractivity contribution in [1.82, 2.24) is 0 Å². The van der Waals surface area contributed by atoms with Gasteiger partial charge < -0.3 is 5.32 Å². The lowest BCUT2D eigenvalue weighted by atomic mass is 10.1. The van der Waals surface area contributed by atoms with Crippen LogP contribution in [-0.2, 0) is 0 Å². The summed E-state index contributed by atoms with van der Waals surface area (Å²) in [4.78, 5) is 4.56. The van der Waals surface area contributed by atoms with E-state index in [1.165, 1.54) is 31.0 Å². The van der Waals surface area contributed by atoms with E-state index in [1.54, 1.807) is 11.8 Å². The molecule has 1 saturated carbocycles. The number of hydrogen-bond donors (Lipinski definition) is 1. The third kappa shape index (κ3) is 2.23. The van der Waals surface area contributed by atoms with Gasteiger partial charge in [-0.05, 0) is 30.9 Å². The maximum absolute atomic E-state index is 13.5. The Hall–Kier alpha value is -1.10. The molecule has 0 bridgehead atoms. The summed E-state index contributed by atoms with van der Waals surface area (Å²) in [7, 11) is 0. The van der Waals surface area contributed by atoms with Crippen LogP contribution in [0.4, 0.5) is 14.5 Å². The Balaban J connectivity index is 1.80. The lowest BCUT2D eigenvalue weighted by Gasteiger charge is -2.23. The van der Waals surface area contributed by atoms with Gasteiger partial charge in [-0.25, -0.2) is 8.78 Å². The molecule has 1 aliphatic heterocycles. The van der Waals surface area contributed by atoms with E-state index < -0.39 is 11.6 Å². The number of rotatable bonds is 1. The highest BCUT2D eigenvalue weighted by molar-refractivity contribution is 8.14. The predicted octanol–water partition coefficient (Wildman–Crippen LogP) is 3.65. The van der Waals surface area contributed by atoms with Crippen LogP contribution >= 0.6 is 11.8 Å². The first-order valence-corrected chi connectivity index (χ1v) is 7.14. The molecule has 1 heterocycles. The summed E-state index contributed by atoms with van der Waals surface area (Å²) in [5, 5.41) is 3.43. The zero-order valence-corrected chi connectivity index (χ0v) is 10.6. The van der Waals surface area contributed by atoms with Gasteiger partial charge in [0.25, 0.3) is 0 Å². The monoisotopic (exact) mass is 268 g/mol. The minimum absolute atomic E-state index is 0.0970. The Morgan fingerprint density at radius 2 is 2.00 bits per heavy atom. The number of para-hydroxylation sites is 1. The first kappa shape index (κ1) is 12.0. The molecule has 0 saturated heterocycles. The molecule has 1 N–H and O–H groups in total. The van der Waals surface area contributed by atoms with Crippen LogP contribution in [0.5, 0.6) is 0 Å². The van der Waals surface area contributed by atoms with Gasteiger partial charge in [-0.1, -0.05) is 24.2 Å². The van der Waals surface area contributed by atoms with Gasteiger partial charge in [0.2, 0.25) is 0 Å². The van der Waals surface area contributed by atoms with Crippen molar-refractivity contribution in [2.75, 3.05) is 11.1 Å². The topological polar surface area (TPSA) is 24.4 Å². The number of fused-ring (bicyclic) bond motifs is 1. The lowest BCUT2D eigenvalue weighted by molar-refractivity contribution is 0.535. The van der Waals surface area contributed by atoms with Crippen LogP contribution in [-0.4, -0.2) is 17.0 Å². The molecule has 5 heteroatoms. The van der Waals surface area contributed by atoms with Crippen LogP contribution in [0.2, 0.25) is 0 Å². The van der Waals surface area contributed by atoms with Crippen LogP contribution in [0.3, 0.4) is 0 Å². The molecule has 2 nitrogen and oxygen atoms in total. The van der Waals surface area contributed by atoms with Crippen LogP contribution in [0.1, 0.15) is 19.3 Å². The molecule has 1 fully saturated rings. The molecule has 2 unspecified atom stereocenters. The lowest BCUT2D eigenvalue weighted by Crippen LogP contribution is -2.25. The van der Waals surface area contributed by atoms with Crippen LogP contribution in [0.15, 0.2) is 23.2 Å². The minimum Gasteiger partial charge on any atom is -0.330 e.